The molecule has 1 aliphatic heterocycles. The summed E-state index contributed by atoms with van der Waals surface area (Å²) in [6.07, 6.45) is 4.55. The van der Waals surface area contributed by atoms with E-state index in [4.69, 9.17) is 0 Å². The maximum Gasteiger partial charge on any atom is 0.236 e. The van der Waals surface area contributed by atoms with E-state index in [2.05, 4.69) is 20.1 Å². The van der Waals surface area contributed by atoms with Gasteiger partial charge in [0, 0.05) is 24.2 Å². The number of hydrogen-bond donors (Lipinski definition) is 1. The van der Waals surface area contributed by atoms with Crippen LogP contribution in [0, 0.1) is 0 Å². The molecule has 0 unspecified atom stereocenters. The van der Waals surface area contributed by atoms with E-state index in [0.717, 1.165) is 53.4 Å². The summed E-state index contributed by atoms with van der Waals surface area (Å²) in [5.74, 6) is 1.56. The van der Waals surface area contributed by atoms with Crippen LogP contribution in [-0.4, -0.2) is 20.7 Å². The Labute approximate surface area is 188 Å². The van der Waals surface area contributed by atoms with Gasteiger partial charge >= 0.3 is 0 Å². The van der Waals surface area contributed by atoms with Crippen LogP contribution >= 0.6 is 0 Å². The molecule has 0 fully saturated rings. The van der Waals surface area contributed by atoms with E-state index in [-0.39, 0.29) is 11.8 Å². The quantitative estimate of drug-likeness (QED) is 0.466. The summed E-state index contributed by atoms with van der Waals surface area (Å²) in [4.78, 5) is 13.3. The third kappa shape index (κ3) is 4.19. The average Bonchev–Trinajstić information content (AvgIpc) is 3.09. The maximum absolute atomic E-state index is 13.3. The second-order valence-corrected chi connectivity index (χ2v) is 8.22. The molecule has 1 aliphatic rings. The van der Waals surface area contributed by atoms with Gasteiger partial charge in [-0.25, -0.2) is 0 Å². The number of fused-ring (bicyclic) bond motifs is 1. The molecule has 1 amide bonds. The molecule has 0 aliphatic carbocycles. The van der Waals surface area contributed by atoms with Gasteiger partial charge in [0.05, 0.1) is 5.92 Å². The van der Waals surface area contributed by atoms with Gasteiger partial charge in [0.2, 0.25) is 5.91 Å². The third-order valence-corrected chi connectivity index (χ3v) is 6.05. The molecular formula is C27H26N4O. The summed E-state index contributed by atoms with van der Waals surface area (Å²) in [5.41, 5.74) is 3.73. The Morgan fingerprint density at radius 2 is 1.44 bits per heavy atom. The molecular weight excluding hydrogens is 396 g/mol. The van der Waals surface area contributed by atoms with E-state index >= 15 is 0 Å². The number of aryl methyl sites for hydroxylation is 1. The number of nitrogens with zero attached hydrogens (tertiary/aromatic N) is 3. The van der Waals surface area contributed by atoms with Crippen LogP contribution in [-0.2, 0) is 17.8 Å². The first-order valence-electron chi connectivity index (χ1n) is 11.2. The summed E-state index contributed by atoms with van der Waals surface area (Å²) in [6, 6.07) is 27.7. The highest BCUT2D eigenvalue weighted by Gasteiger charge is 2.23. The van der Waals surface area contributed by atoms with Crippen LogP contribution in [0.3, 0.4) is 0 Å². The molecule has 0 saturated carbocycles. The Morgan fingerprint density at radius 1 is 0.781 bits per heavy atom. The molecule has 1 N–H and O–H groups in total. The van der Waals surface area contributed by atoms with Crippen LogP contribution in [0.1, 0.15) is 42.1 Å². The second kappa shape index (κ2) is 9.18. The molecule has 3 aromatic carbocycles. The minimum Gasteiger partial charge on any atom is -0.325 e. The minimum absolute atomic E-state index is 0.0495. The topological polar surface area (TPSA) is 59.8 Å². The van der Waals surface area contributed by atoms with E-state index < -0.39 is 0 Å². The number of hydrogen-bond acceptors (Lipinski definition) is 3. The third-order valence-electron chi connectivity index (χ3n) is 6.05. The van der Waals surface area contributed by atoms with Crippen molar-refractivity contribution in [3.63, 3.8) is 0 Å². The molecule has 0 atom stereocenters. The fourth-order valence-electron chi connectivity index (χ4n) is 4.40. The van der Waals surface area contributed by atoms with Crippen LogP contribution in [0.4, 0.5) is 5.69 Å². The molecule has 160 valence electrons. The summed E-state index contributed by atoms with van der Waals surface area (Å²) in [7, 11) is 0. The molecule has 5 heteroatoms. The number of amides is 1. The van der Waals surface area contributed by atoms with Gasteiger partial charge in [-0.3, -0.25) is 4.79 Å². The standard InChI is InChI=1S/C27H26N4O/c32-27(25(20-10-4-1-5-11-20)21-12-6-2-7-13-21)28-23-17-15-22(16-18-23)26-30-29-24-14-8-3-9-19-31(24)26/h1-2,4-7,10-13,15-18,25H,3,8-9,14,19H2,(H,28,32). The Kier molecular flexibility index (Phi) is 5.79. The van der Waals surface area contributed by atoms with E-state index in [1.807, 2.05) is 84.9 Å². The van der Waals surface area contributed by atoms with E-state index in [9.17, 15) is 4.79 Å². The highest BCUT2D eigenvalue weighted by Crippen LogP contribution is 2.28. The Balaban J connectivity index is 1.38. The first-order valence-corrected chi connectivity index (χ1v) is 11.2. The first-order chi connectivity index (χ1) is 15.8. The van der Waals surface area contributed by atoms with Crippen molar-refractivity contribution in [2.24, 2.45) is 0 Å². The van der Waals surface area contributed by atoms with Crippen molar-refractivity contribution in [2.45, 2.75) is 38.1 Å². The second-order valence-electron chi connectivity index (χ2n) is 8.22. The predicted molar refractivity (Wildman–Crippen MR) is 126 cm³/mol. The molecule has 0 bridgehead atoms. The van der Waals surface area contributed by atoms with Gasteiger partial charge in [-0.15, -0.1) is 10.2 Å². The number of anilines is 1. The fraction of sp³-hybridized carbons (Fsp3) is 0.222. The van der Waals surface area contributed by atoms with Gasteiger partial charge in [-0.1, -0.05) is 67.1 Å². The lowest BCUT2D eigenvalue weighted by molar-refractivity contribution is -0.116. The lowest BCUT2D eigenvalue weighted by atomic mass is 9.90. The minimum atomic E-state index is -0.371. The molecule has 5 rings (SSSR count). The van der Waals surface area contributed by atoms with Gasteiger partial charge in [-0.05, 0) is 48.2 Å². The average molecular weight is 423 g/mol. The highest BCUT2D eigenvalue weighted by atomic mass is 16.1. The normalized spacial score (nSPS) is 13.4. The number of rotatable bonds is 5. The van der Waals surface area contributed by atoms with Gasteiger partial charge in [0.15, 0.2) is 5.82 Å². The van der Waals surface area contributed by atoms with Crippen LogP contribution < -0.4 is 5.32 Å². The molecule has 32 heavy (non-hydrogen) atoms. The first kappa shape index (κ1) is 20.2. The van der Waals surface area contributed by atoms with Crippen LogP contribution in [0.15, 0.2) is 84.9 Å². The van der Waals surface area contributed by atoms with Crippen LogP contribution in [0.2, 0.25) is 0 Å². The summed E-state index contributed by atoms with van der Waals surface area (Å²) >= 11 is 0. The molecule has 1 aromatic heterocycles. The van der Waals surface area contributed by atoms with Gasteiger partial charge in [-0.2, -0.15) is 0 Å². The summed E-state index contributed by atoms with van der Waals surface area (Å²) in [5, 5.41) is 11.9. The maximum atomic E-state index is 13.3. The zero-order valence-electron chi connectivity index (χ0n) is 17.9. The zero-order valence-corrected chi connectivity index (χ0v) is 17.9. The Morgan fingerprint density at radius 3 is 2.09 bits per heavy atom. The van der Waals surface area contributed by atoms with Gasteiger partial charge in [0.25, 0.3) is 0 Å². The number of carbonyl (C=O) groups is 1. The number of carbonyl (C=O) groups excluding carboxylic acids is 1. The molecule has 2 heterocycles. The molecule has 0 saturated heterocycles. The van der Waals surface area contributed by atoms with Crippen molar-refractivity contribution in [1.82, 2.24) is 14.8 Å². The zero-order chi connectivity index (χ0) is 21.8. The van der Waals surface area contributed by atoms with Crippen molar-refractivity contribution < 1.29 is 4.79 Å². The fourth-order valence-corrected chi connectivity index (χ4v) is 4.40. The molecule has 0 radical (unpaired) electrons. The monoisotopic (exact) mass is 422 g/mol. The van der Waals surface area contributed by atoms with Gasteiger partial charge in [0.1, 0.15) is 5.82 Å². The molecule has 4 aromatic rings. The molecule has 5 nitrogen and oxygen atoms in total. The van der Waals surface area contributed by atoms with Gasteiger partial charge < -0.3 is 9.88 Å². The smallest absolute Gasteiger partial charge is 0.236 e. The Hall–Kier alpha value is -3.73. The molecule has 0 spiro atoms. The number of nitrogens with one attached hydrogen (secondary N) is 1. The largest absolute Gasteiger partial charge is 0.325 e. The highest BCUT2D eigenvalue weighted by molar-refractivity contribution is 5.98. The van der Waals surface area contributed by atoms with Crippen molar-refractivity contribution in [1.29, 1.82) is 0 Å². The van der Waals surface area contributed by atoms with Crippen LogP contribution in [0.25, 0.3) is 11.4 Å². The Bertz CT molecular complexity index is 1140. The number of aromatic nitrogens is 3. The van der Waals surface area contributed by atoms with Crippen molar-refractivity contribution in [2.75, 3.05) is 5.32 Å². The predicted octanol–water partition coefficient (Wildman–Crippen LogP) is 5.44. The lowest BCUT2D eigenvalue weighted by Gasteiger charge is -2.18. The van der Waals surface area contributed by atoms with Crippen molar-refractivity contribution in [3.8, 4) is 11.4 Å². The van der Waals surface area contributed by atoms with E-state index in [1.54, 1.807) is 0 Å². The SMILES string of the molecule is O=C(Nc1ccc(-c2nnc3n2CCCCC3)cc1)C(c1ccccc1)c1ccccc1. The van der Waals surface area contributed by atoms with Crippen molar-refractivity contribution >= 4 is 11.6 Å². The lowest BCUT2D eigenvalue weighted by Crippen LogP contribution is -2.22. The number of benzene rings is 3. The summed E-state index contributed by atoms with van der Waals surface area (Å²) < 4.78 is 2.24. The van der Waals surface area contributed by atoms with Crippen molar-refractivity contribution in [3.05, 3.63) is 102 Å². The van der Waals surface area contributed by atoms with Crippen LogP contribution in [0.5, 0.6) is 0 Å². The summed E-state index contributed by atoms with van der Waals surface area (Å²) in [6.45, 7) is 0.964. The van der Waals surface area contributed by atoms with E-state index in [1.165, 1.54) is 12.8 Å². The van der Waals surface area contributed by atoms with E-state index in [0.29, 0.717) is 0 Å².